The molecule has 0 radical (unpaired) electrons. The molecule has 2 heteroatoms. The van der Waals surface area contributed by atoms with Gasteiger partial charge >= 0.3 is 0 Å². The van der Waals surface area contributed by atoms with Gasteiger partial charge in [-0.15, -0.1) is 0 Å². The van der Waals surface area contributed by atoms with Crippen LogP contribution in [-0.4, -0.2) is 5.78 Å². The van der Waals surface area contributed by atoms with Crippen molar-refractivity contribution < 1.29 is 9.36 Å². The molecular formula is C31H22NO+. The number of benzene rings is 5. The van der Waals surface area contributed by atoms with Crippen molar-refractivity contribution in [2.24, 2.45) is 0 Å². The molecule has 156 valence electrons. The van der Waals surface area contributed by atoms with E-state index in [9.17, 15) is 4.79 Å². The van der Waals surface area contributed by atoms with Gasteiger partial charge in [0.25, 0.3) is 0 Å². The minimum absolute atomic E-state index is 0.0988. The first kappa shape index (κ1) is 19.4. The summed E-state index contributed by atoms with van der Waals surface area (Å²) in [5.41, 5.74) is 2.97. The molecular weight excluding hydrogens is 402 g/mol. The van der Waals surface area contributed by atoms with Crippen LogP contribution in [-0.2, 0) is 6.54 Å². The van der Waals surface area contributed by atoms with Gasteiger partial charge in [0.15, 0.2) is 6.20 Å². The molecule has 0 aliphatic heterocycles. The molecule has 0 bridgehead atoms. The predicted octanol–water partition coefficient (Wildman–Crippen LogP) is 6.98. The summed E-state index contributed by atoms with van der Waals surface area (Å²) in [7, 11) is 0. The lowest BCUT2D eigenvalue weighted by Gasteiger charge is -2.13. The number of aromatic nitrogens is 1. The lowest BCUT2D eigenvalue weighted by atomic mass is 9.92. The molecule has 0 aliphatic carbocycles. The summed E-state index contributed by atoms with van der Waals surface area (Å²) in [5.74, 6) is 0.0988. The number of carbonyl (C=O) groups is 1. The van der Waals surface area contributed by atoms with Gasteiger partial charge in [-0.2, -0.15) is 4.57 Å². The number of hydrogen-bond donors (Lipinski definition) is 0. The molecule has 0 atom stereocenters. The third-order valence-electron chi connectivity index (χ3n) is 6.35. The van der Waals surface area contributed by atoms with Gasteiger partial charge in [0, 0.05) is 11.6 Å². The van der Waals surface area contributed by atoms with Gasteiger partial charge in [-0.1, -0.05) is 97.1 Å². The van der Waals surface area contributed by atoms with E-state index in [1.165, 1.54) is 27.1 Å². The fourth-order valence-electron chi connectivity index (χ4n) is 4.81. The SMILES string of the molecule is O=C(C[n+]1ccc2ccccc2c1-c1c2ccccc2cc2ccccc12)c1ccccc1. The topological polar surface area (TPSA) is 20.9 Å². The first-order chi connectivity index (χ1) is 16.3. The first-order valence-electron chi connectivity index (χ1n) is 11.2. The molecule has 0 fully saturated rings. The summed E-state index contributed by atoms with van der Waals surface area (Å²) >= 11 is 0. The van der Waals surface area contributed by atoms with Crippen LogP contribution in [0.15, 0.2) is 121 Å². The Morgan fingerprint density at radius 1 is 0.576 bits per heavy atom. The Balaban J connectivity index is 1.69. The van der Waals surface area contributed by atoms with Crippen molar-refractivity contribution in [3.8, 4) is 11.3 Å². The molecule has 0 amide bonds. The third-order valence-corrected chi connectivity index (χ3v) is 6.35. The van der Waals surface area contributed by atoms with Gasteiger partial charge in [0.1, 0.15) is 0 Å². The monoisotopic (exact) mass is 424 g/mol. The van der Waals surface area contributed by atoms with Crippen LogP contribution in [0.2, 0.25) is 0 Å². The van der Waals surface area contributed by atoms with Crippen LogP contribution >= 0.6 is 0 Å². The van der Waals surface area contributed by atoms with Crippen LogP contribution in [0.5, 0.6) is 0 Å². The normalized spacial score (nSPS) is 11.3. The fourth-order valence-corrected chi connectivity index (χ4v) is 4.81. The van der Waals surface area contributed by atoms with Crippen LogP contribution in [0.3, 0.4) is 0 Å². The molecule has 0 unspecified atom stereocenters. The average molecular weight is 425 g/mol. The van der Waals surface area contributed by atoms with E-state index in [2.05, 4.69) is 95.7 Å². The second kappa shape index (κ2) is 7.99. The molecule has 1 heterocycles. The molecule has 0 saturated carbocycles. The number of fused-ring (bicyclic) bond motifs is 3. The van der Waals surface area contributed by atoms with Gasteiger partial charge in [-0.3, -0.25) is 4.79 Å². The lowest BCUT2D eigenvalue weighted by Crippen LogP contribution is -2.40. The zero-order valence-corrected chi connectivity index (χ0v) is 18.1. The van der Waals surface area contributed by atoms with Gasteiger partial charge in [-0.05, 0) is 39.1 Å². The van der Waals surface area contributed by atoms with E-state index in [0.717, 1.165) is 22.0 Å². The van der Waals surface area contributed by atoms with Gasteiger partial charge in [0.05, 0.1) is 10.9 Å². The molecule has 2 nitrogen and oxygen atoms in total. The standard InChI is InChI=1S/C31H22NO/c33-29(23-11-2-1-3-12-23)21-32-19-18-22-10-4-9-17-28(22)31(32)30-26-15-7-5-13-24(26)20-25-14-6-8-16-27(25)30/h1-20H,21H2/q+1. The summed E-state index contributed by atoms with van der Waals surface area (Å²) < 4.78 is 2.12. The highest BCUT2D eigenvalue weighted by Gasteiger charge is 2.24. The van der Waals surface area contributed by atoms with E-state index in [-0.39, 0.29) is 12.3 Å². The minimum Gasteiger partial charge on any atom is -0.287 e. The predicted molar refractivity (Wildman–Crippen MR) is 135 cm³/mol. The van der Waals surface area contributed by atoms with Crippen LogP contribution in [0.1, 0.15) is 10.4 Å². The Kier molecular flexibility index (Phi) is 4.70. The van der Waals surface area contributed by atoms with Crippen LogP contribution in [0.25, 0.3) is 43.6 Å². The maximum absolute atomic E-state index is 13.2. The summed E-state index contributed by atoms with van der Waals surface area (Å²) in [6.07, 6.45) is 2.05. The van der Waals surface area contributed by atoms with Crippen molar-refractivity contribution in [2.75, 3.05) is 0 Å². The quantitative estimate of drug-likeness (QED) is 0.170. The molecule has 33 heavy (non-hydrogen) atoms. The van der Waals surface area contributed by atoms with E-state index >= 15 is 0 Å². The maximum Gasteiger partial charge on any atom is 0.227 e. The summed E-state index contributed by atoms with van der Waals surface area (Å²) in [4.78, 5) is 13.2. The molecule has 1 aromatic heterocycles. The average Bonchev–Trinajstić information content (AvgIpc) is 2.88. The Morgan fingerprint density at radius 2 is 1.12 bits per heavy atom. The van der Waals surface area contributed by atoms with E-state index in [0.29, 0.717) is 0 Å². The number of carbonyl (C=O) groups excluding carboxylic acids is 1. The lowest BCUT2D eigenvalue weighted by molar-refractivity contribution is -0.671. The molecule has 0 spiro atoms. The molecule has 0 N–H and O–H groups in total. The first-order valence-corrected chi connectivity index (χ1v) is 11.2. The molecule has 0 aliphatic rings. The van der Waals surface area contributed by atoms with Crippen molar-refractivity contribution in [2.45, 2.75) is 6.54 Å². The third kappa shape index (κ3) is 3.37. The van der Waals surface area contributed by atoms with E-state index in [4.69, 9.17) is 0 Å². The molecule has 0 saturated heterocycles. The number of pyridine rings is 1. The number of nitrogens with zero attached hydrogens (tertiary/aromatic N) is 1. The largest absolute Gasteiger partial charge is 0.287 e. The zero-order chi connectivity index (χ0) is 22.2. The van der Waals surface area contributed by atoms with Gasteiger partial charge in [-0.25, -0.2) is 0 Å². The zero-order valence-electron chi connectivity index (χ0n) is 18.1. The van der Waals surface area contributed by atoms with Crippen LogP contribution < -0.4 is 4.57 Å². The van der Waals surface area contributed by atoms with E-state index in [1.807, 2.05) is 30.3 Å². The Hall–Kier alpha value is -4.30. The van der Waals surface area contributed by atoms with Gasteiger partial charge < -0.3 is 0 Å². The van der Waals surface area contributed by atoms with Crippen LogP contribution in [0.4, 0.5) is 0 Å². The smallest absolute Gasteiger partial charge is 0.227 e. The number of ketones is 1. The van der Waals surface area contributed by atoms with Crippen molar-refractivity contribution in [1.82, 2.24) is 0 Å². The number of rotatable bonds is 4. The second-order valence-electron chi connectivity index (χ2n) is 8.36. The number of hydrogen-bond acceptors (Lipinski definition) is 1. The molecule has 5 aromatic carbocycles. The van der Waals surface area contributed by atoms with Gasteiger partial charge in [0.2, 0.25) is 18.0 Å². The van der Waals surface area contributed by atoms with E-state index in [1.54, 1.807) is 0 Å². The highest BCUT2D eigenvalue weighted by atomic mass is 16.1. The number of Topliss-reactive ketones (excluding diaryl/α,β-unsaturated/α-hetero) is 1. The van der Waals surface area contributed by atoms with Crippen molar-refractivity contribution in [3.05, 3.63) is 127 Å². The maximum atomic E-state index is 13.2. The molecule has 6 aromatic rings. The summed E-state index contributed by atoms with van der Waals surface area (Å²) in [6, 6.07) is 39.3. The molecule has 6 rings (SSSR count). The Morgan fingerprint density at radius 3 is 1.79 bits per heavy atom. The highest BCUT2D eigenvalue weighted by Crippen LogP contribution is 2.37. The second-order valence-corrected chi connectivity index (χ2v) is 8.36. The fraction of sp³-hybridized carbons (Fsp3) is 0.0323. The van der Waals surface area contributed by atoms with Crippen molar-refractivity contribution >= 4 is 38.1 Å². The highest BCUT2D eigenvalue weighted by molar-refractivity contribution is 6.15. The Bertz CT molecular complexity index is 1600. The minimum atomic E-state index is 0.0988. The van der Waals surface area contributed by atoms with Crippen molar-refractivity contribution in [1.29, 1.82) is 0 Å². The summed E-state index contributed by atoms with van der Waals surface area (Å²) in [5, 5.41) is 7.07. The summed E-state index contributed by atoms with van der Waals surface area (Å²) in [6.45, 7) is 0.279. The van der Waals surface area contributed by atoms with Crippen molar-refractivity contribution in [3.63, 3.8) is 0 Å². The van der Waals surface area contributed by atoms with Crippen LogP contribution in [0, 0.1) is 0 Å². The Labute approximate surface area is 192 Å². The van der Waals surface area contributed by atoms with E-state index < -0.39 is 0 Å².